The molecule has 0 unspecified atom stereocenters. The van der Waals surface area contributed by atoms with Gasteiger partial charge in [-0.05, 0) is 41.8 Å². The Morgan fingerprint density at radius 2 is 1.61 bits per heavy atom. The van der Waals surface area contributed by atoms with Gasteiger partial charge in [0.05, 0.1) is 28.2 Å². The maximum atomic E-state index is 12.6. The van der Waals surface area contributed by atoms with Crippen LogP contribution >= 0.6 is 0 Å². The third kappa shape index (κ3) is 4.36. The van der Waals surface area contributed by atoms with Crippen LogP contribution in [-0.4, -0.2) is 40.8 Å². The summed E-state index contributed by atoms with van der Waals surface area (Å²) in [7, 11) is 0. The molecular weight excluding hydrogens is 468 g/mol. The van der Waals surface area contributed by atoms with Gasteiger partial charge in [0, 0.05) is 18.7 Å². The van der Waals surface area contributed by atoms with Crippen molar-refractivity contribution in [1.29, 1.82) is 0 Å². The van der Waals surface area contributed by atoms with E-state index in [1.165, 1.54) is 12.1 Å². The van der Waals surface area contributed by atoms with Gasteiger partial charge in [0.2, 0.25) is 0 Å². The number of nitrogens with zero attached hydrogens (tertiary/aromatic N) is 2. The summed E-state index contributed by atoms with van der Waals surface area (Å²) in [6.45, 7) is 0.706. The van der Waals surface area contributed by atoms with E-state index in [0.29, 0.717) is 24.7 Å². The van der Waals surface area contributed by atoms with Gasteiger partial charge in [-0.25, -0.2) is 4.79 Å². The van der Waals surface area contributed by atoms with E-state index < -0.39 is 22.7 Å². The van der Waals surface area contributed by atoms with E-state index in [9.17, 15) is 24.5 Å². The summed E-state index contributed by atoms with van der Waals surface area (Å²) >= 11 is 0. The van der Waals surface area contributed by atoms with Gasteiger partial charge in [0.1, 0.15) is 13.2 Å². The zero-order chi connectivity index (χ0) is 25.2. The first kappa shape index (κ1) is 23.0. The van der Waals surface area contributed by atoms with E-state index >= 15 is 0 Å². The van der Waals surface area contributed by atoms with Gasteiger partial charge in [-0.2, -0.15) is 0 Å². The molecule has 0 radical (unpaired) electrons. The molecule has 0 N–H and O–H groups in total. The lowest BCUT2D eigenvalue weighted by Crippen LogP contribution is -2.31. The van der Waals surface area contributed by atoms with Crippen LogP contribution in [0.3, 0.4) is 0 Å². The number of benzene rings is 3. The Labute approximate surface area is 205 Å². The highest BCUT2D eigenvalue weighted by molar-refractivity contribution is 6.21. The summed E-state index contributed by atoms with van der Waals surface area (Å²) in [5.41, 5.74) is 2.16. The maximum absolute atomic E-state index is 12.6. The van der Waals surface area contributed by atoms with Crippen LogP contribution < -0.4 is 9.47 Å². The zero-order valence-corrected chi connectivity index (χ0v) is 19.0. The Hall–Kier alpha value is -4.73. The number of fused-ring (bicyclic) bond motifs is 3. The highest BCUT2D eigenvalue weighted by Gasteiger charge is 2.36. The molecule has 36 heavy (non-hydrogen) atoms. The topological polar surface area (TPSA) is 125 Å². The lowest BCUT2D eigenvalue weighted by atomic mass is 10.1. The van der Waals surface area contributed by atoms with Crippen molar-refractivity contribution in [3.05, 3.63) is 98.6 Å². The van der Waals surface area contributed by atoms with Crippen molar-refractivity contribution in [2.75, 3.05) is 13.2 Å². The zero-order valence-electron chi connectivity index (χ0n) is 19.0. The Kier molecular flexibility index (Phi) is 6.07. The van der Waals surface area contributed by atoms with Crippen molar-refractivity contribution in [2.45, 2.75) is 19.6 Å². The lowest BCUT2D eigenvalue weighted by molar-refractivity contribution is -0.384. The molecule has 2 aliphatic rings. The molecular formula is C26H20N2O8. The van der Waals surface area contributed by atoms with Crippen molar-refractivity contribution < 1.29 is 33.5 Å². The first-order chi connectivity index (χ1) is 17.4. The maximum Gasteiger partial charge on any atom is 0.338 e. The van der Waals surface area contributed by atoms with E-state index in [0.717, 1.165) is 22.1 Å². The van der Waals surface area contributed by atoms with Crippen molar-refractivity contribution in [3.63, 3.8) is 0 Å². The van der Waals surface area contributed by atoms with Crippen LogP contribution in [0.2, 0.25) is 0 Å². The van der Waals surface area contributed by atoms with Crippen molar-refractivity contribution >= 4 is 23.5 Å². The van der Waals surface area contributed by atoms with Crippen LogP contribution in [0.5, 0.6) is 11.5 Å². The number of esters is 1. The molecule has 0 fully saturated rings. The van der Waals surface area contributed by atoms with Gasteiger partial charge in [0.15, 0.2) is 11.5 Å². The average molecular weight is 488 g/mol. The molecule has 0 saturated heterocycles. The fraction of sp³-hybridized carbons (Fsp3) is 0.192. The Balaban J connectivity index is 1.17. The third-order valence-corrected chi connectivity index (χ3v) is 5.99. The molecule has 0 atom stereocenters. The number of ether oxygens (including phenoxy) is 3. The fourth-order valence-electron chi connectivity index (χ4n) is 4.08. The molecule has 0 saturated carbocycles. The first-order valence-corrected chi connectivity index (χ1v) is 11.2. The van der Waals surface area contributed by atoms with Crippen LogP contribution in [0, 0.1) is 10.1 Å². The summed E-state index contributed by atoms with van der Waals surface area (Å²) in [4.78, 5) is 48.9. The van der Waals surface area contributed by atoms with Crippen LogP contribution in [-0.2, 0) is 18.0 Å². The smallest absolute Gasteiger partial charge is 0.338 e. The van der Waals surface area contributed by atoms with Gasteiger partial charge in [-0.15, -0.1) is 0 Å². The Morgan fingerprint density at radius 1 is 0.917 bits per heavy atom. The monoisotopic (exact) mass is 488 g/mol. The molecule has 2 amide bonds. The molecule has 3 aromatic carbocycles. The van der Waals surface area contributed by atoms with Gasteiger partial charge in [-0.3, -0.25) is 24.6 Å². The molecule has 182 valence electrons. The normalized spacial score (nSPS) is 13.9. The van der Waals surface area contributed by atoms with E-state index in [2.05, 4.69) is 0 Å². The van der Waals surface area contributed by atoms with Gasteiger partial charge in [0.25, 0.3) is 17.5 Å². The molecule has 2 aliphatic heterocycles. The molecule has 2 heterocycles. The molecule has 0 spiro atoms. The summed E-state index contributed by atoms with van der Waals surface area (Å²) in [6.07, 6.45) is 0.209. The number of non-ortho nitro benzene ring substituents is 1. The summed E-state index contributed by atoms with van der Waals surface area (Å²) in [6, 6.07) is 16.1. The quantitative estimate of drug-likeness (QED) is 0.168. The number of carbonyl (C=O) groups excluding carboxylic acids is 3. The van der Waals surface area contributed by atoms with E-state index in [1.807, 2.05) is 24.3 Å². The fourth-order valence-corrected chi connectivity index (χ4v) is 4.08. The molecule has 5 rings (SSSR count). The number of rotatable bonds is 6. The minimum atomic E-state index is -0.625. The second kappa shape index (κ2) is 9.49. The second-order valence-corrected chi connectivity index (χ2v) is 8.25. The van der Waals surface area contributed by atoms with E-state index in [4.69, 9.17) is 14.2 Å². The highest BCUT2D eigenvalue weighted by atomic mass is 16.6. The van der Waals surface area contributed by atoms with Gasteiger partial charge >= 0.3 is 5.97 Å². The number of hydrogen-bond acceptors (Lipinski definition) is 8. The number of imide groups is 1. The van der Waals surface area contributed by atoms with Gasteiger partial charge < -0.3 is 14.2 Å². The summed E-state index contributed by atoms with van der Waals surface area (Å²) < 4.78 is 17.0. The number of carbonyl (C=O) groups is 3. The predicted octanol–water partition coefficient (Wildman–Crippen LogP) is 3.91. The lowest BCUT2D eigenvalue weighted by Gasteiger charge is -2.19. The summed E-state index contributed by atoms with van der Waals surface area (Å²) in [5, 5.41) is 11.0. The number of amides is 2. The van der Waals surface area contributed by atoms with Crippen LogP contribution in [0.25, 0.3) is 0 Å². The average Bonchev–Trinajstić information content (AvgIpc) is 3.11. The predicted molar refractivity (Wildman–Crippen MR) is 125 cm³/mol. The second-order valence-electron chi connectivity index (χ2n) is 8.25. The molecule has 0 aromatic heterocycles. The van der Waals surface area contributed by atoms with E-state index in [-0.39, 0.29) is 42.0 Å². The number of nitro benzene ring substituents is 1. The number of hydrogen-bond donors (Lipinski definition) is 0. The van der Waals surface area contributed by atoms with Crippen molar-refractivity contribution in [1.82, 2.24) is 4.90 Å². The Bertz CT molecular complexity index is 1400. The first-order valence-electron chi connectivity index (χ1n) is 11.2. The number of nitro groups is 1. The van der Waals surface area contributed by atoms with Crippen molar-refractivity contribution in [2.24, 2.45) is 0 Å². The molecule has 10 nitrogen and oxygen atoms in total. The van der Waals surface area contributed by atoms with Crippen LogP contribution in [0.4, 0.5) is 5.69 Å². The molecule has 3 aromatic rings. The SMILES string of the molecule is O=C(OCCCN1C(=O)c2ccc([N+](=O)[O-])cc2C1=O)c1ccc2c(c1)OCc1ccccc1CO2. The van der Waals surface area contributed by atoms with Crippen LogP contribution in [0.1, 0.15) is 48.6 Å². The van der Waals surface area contributed by atoms with Gasteiger partial charge in [-0.1, -0.05) is 24.3 Å². The van der Waals surface area contributed by atoms with E-state index in [1.54, 1.807) is 18.2 Å². The largest absolute Gasteiger partial charge is 0.485 e. The van der Waals surface area contributed by atoms with Crippen LogP contribution in [0.15, 0.2) is 60.7 Å². The highest BCUT2D eigenvalue weighted by Crippen LogP contribution is 2.32. The molecule has 0 bridgehead atoms. The minimum Gasteiger partial charge on any atom is -0.485 e. The molecule has 10 heteroatoms. The van der Waals surface area contributed by atoms with Crippen molar-refractivity contribution in [3.8, 4) is 11.5 Å². The minimum absolute atomic E-state index is 0.00295. The summed E-state index contributed by atoms with van der Waals surface area (Å²) in [5.74, 6) is -0.769. The molecule has 0 aliphatic carbocycles. The third-order valence-electron chi connectivity index (χ3n) is 5.99. The Morgan fingerprint density at radius 3 is 2.33 bits per heavy atom. The standard InChI is InChI=1S/C26H20N2O8/c29-24-20-8-7-19(28(32)33)13-21(20)25(30)27(24)10-3-11-34-26(31)16-6-9-22-23(12-16)36-15-18-5-2-1-4-17(18)14-35-22/h1-2,4-9,12-13H,3,10-11,14-15H2.